The van der Waals surface area contributed by atoms with Crippen molar-refractivity contribution in [3.8, 4) is 5.82 Å². The maximum absolute atomic E-state index is 13.6. The number of urea groups is 1. The van der Waals surface area contributed by atoms with Gasteiger partial charge in [-0.15, -0.1) is 6.58 Å². The van der Waals surface area contributed by atoms with Gasteiger partial charge in [0.1, 0.15) is 5.39 Å². The molecule has 2 atom stereocenters. The summed E-state index contributed by atoms with van der Waals surface area (Å²) < 4.78 is 5.28. The molecule has 318 valence electrons. The number of hydrogen-bond acceptors (Lipinski definition) is 11. The molecule has 16 heteroatoms. The van der Waals surface area contributed by atoms with Crippen molar-refractivity contribution < 1.29 is 9.59 Å². The van der Waals surface area contributed by atoms with Crippen molar-refractivity contribution in [1.29, 1.82) is 0 Å². The molecule has 2 N–H and O–H groups in total. The van der Waals surface area contributed by atoms with E-state index >= 15 is 0 Å². The molecule has 5 aliphatic rings. The number of nitrogens with one attached hydrogen (secondary N) is 2. The molecule has 0 radical (unpaired) electrons. The lowest BCUT2D eigenvalue weighted by Gasteiger charge is -2.50. The number of carbonyl (C=O) groups excluding carboxylic acids is 2. The molecule has 4 saturated heterocycles. The second kappa shape index (κ2) is 14.8. The molecular weight excluding hydrogens is 783 g/mol. The fourth-order valence-corrected chi connectivity index (χ4v) is 10.7. The number of amides is 3. The third kappa shape index (κ3) is 6.41. The number of carbonyl (C=O) groups is 2. The van der Waals surface area contributed by atoms with Crippen molar-refractivity contribution in [2.24, 2.45) is 12.5 Å². The van der Waals surface area contributed by atoms with Gasteiger partial charge >= 0.3 is 6.03 Å². The average Bonchev–Trinajstić information content (AvgIpc) is 4.11. The zero-order valence-corrected chi connectivity index (χ0v) is 35.3. The third-order valence-electron chi connectivity index (χ3n) is 14.0. The van der Waals surface area contributed by atoms with E-state index in [2.05, 4.69) is 97.4 Å². The van der Waals surface area contributed by atoms with Crippen LogP contribution in [0.1, 0.15) is 56.2 Å². The number of aryl methyl sites for hydroxylation is 2. The van der Waals surface area contributed by atoms with Crippen molar-refractivity contribution in [2.45, 2.75) is 64.0 Å². The highest BCUT2D eigenvalue weighted by Gasteiger charge is 2.49. The van der Waals surface area contributed by atoms with Crippen LogP contribution in [0.5, 0.6) is 0 Å². The molecule has 6 aromatic rings. The van der Waals surface area contributed by atoms with E-state index in [-0.39, 0.29) is 17.9 Å². The molecule has 16 nitrogen and oxygen atoms in total. The van der Waals surface area contributed by atoms with Gasteiger partial charge in [0.25, 0.3) is 5.56 Å². The van der Waals surface area contributed by atoms with Crippen LogP contribution in [-0.4, -0.2) is 103 Å². The number of benzene rings is 2. The van der Waals surface area contributed by atoms with Crippen molar-refractivity contribution >= 4 is 62.7 Å². The Morgan fingerprint density at radius 3 is 2.56 bits per heavy atom. The number of pyridine rings is 1. The highest BCUT2D eigenvalue weighted by atomic mass is 16.2. The fourth-order valence-electron chi connectivity index (χ4n) is 10.7. The zero-order chi connectivity index (χ0) is 42.3. The smallest absolute Gasteiger partial charge is 0.329 e. The number of nitrogens with zero attached hydrogens (tertiary/aromatic N) is 11. The van der Waals surface area contributed by atoms with Crippen molar-refractivity contribution in [1.82, 2.24) is 44.3 Å². The van der Waals surface area contributed by atoms with Gasteiger partial charge in [-0.25, -0.2) is 24.1 Å². The fraction of sp³-hybridized carbons (Fsp3) is 0.413. The summed E-state index contributed by atoms with van der Waals surface area (Å²) in [7, 11) is 1.90. The van der Waals surface area contributed by atoms with Crippen molar-refractivity contribution in [2.75, 3.05) is 65.8 Å². The first-order valence-corrected chi connectivity index (χ1v) is 22.0. The molecule has 1 aliphatic carbocycles. The number of imide groups is 1. The van der Waals surface area contributed by atoms with E-state index in [1.807, 2.05) is 22.5 Å². The average molecular weight is 834 g/mol. The highest BCUT2D eigenvalue weighted by molar-refractivity contribution is 6.09. The molecule has 4 fully saturated rings. The monoisotopic (exact) mass is 833 g/mol. The summed E-state index contributed by atoms with van der Waals surface area (Å²) >= 11 is 0. The molecule has 62 heavy (non-hydrogen) atoms. The first-order chi connectivity index (χ1) is 30.2. The van der Waals surface area contributed by atoms with E-state index in [1.165, 1.54) is 23.4 Å². The quantitative estimate of drug-likeness (QED) is 0.169. The second-order valence-electron chi connectivity index (χ2n) is 17.8. The Balaban J connectivity index is 0.730. The molecule has 0 bridgehead atoms. The Morgan fingerprint density at radius 2 is 1.76 bits per heavy atom. The van der Waals surface area contributed by atoms with Gasteiger partial charge < -0.3 is 15.1 Å². The Bertz CT molecular complexity index is 2840. The largest absolute Gasteiger partial charge is 0.370 e. The summed E-state index contributed by atoms with van der Waals surface area (Å²) in [6, 6.07) is 19.1. The lowest BCUT2D eigenvalue weighted by Crippen LogP contribution is -2.58. The number of fused-ring (bicyclic) bond motifs is 3. The molecular formula is C46H51N13O3. The molecule has 3 amide bonds. The van der Waals surface area contributed by atoms with Crippen molar-refractivity contribution in [3.63, 3.8) is 0 Å². The van der Waals surface area contributed by atoms with Crippen molar-refractivity contribution in [3.05, 3.63) is 95.1 Å². The number of hydrogen-bond donors (Lipinski definition) is 2. The summed E-state index contributed by atoms with van der Waals surface area (Å²) in [5.74, 6) is 1.85. The Kier molecular flexibility index (Phi) is 9.17. The Hall–Kier alpha value is -6.55. The van der Waals surface area contributed by atoms with Gasteiger partial charge in [-0.2, -0.15) is 10.1 Å². The van der Waals surface area contributed by atoms with Crippen LogP contribution >= 0.6 is 0 Å². The van der Waals surface area contributed by atoms with Crippen LogP contribution in [0.4, 0.5) is 33.6 Å². The summed E-state index contributed by atoms with van der Waals surface area (Å²) in [6.07, 6.45) is 9.11. The number of rotatable bonds is 10. The first-order valence-electron chi connectivity index (χ1n) is 22.0. The minimum absolute atomic E-state index is 0.171. The van der Waals surface area contributed by atoms with Crippen LogP contribution in [0.2, 0.25) is 0 Å². The normalized spacial score (nSPS) is 21.0. The van der Waals surface area contributed by atoms with Gasteiger partial charge in [0.2, 0.25) is 11.9 Å². The third-order valence-corrected chi connectivity index (χ3v) is 14.0. The molecule has 1 spiro atoms. The Morgan fingerprint density at radius 1 is 0.919 bits per heavy atom. The number of aromatic nitrogens is 7. The number of anilines is 5. The van der Waals surface area contributed by atoms with Crippen LogP contribution in [0, 0.1) is 5.41 Å². The number of likely N-dealkylation sites (tertiary alicyclic amines) is 1. The van der Waals surface area contributed by atoms with E-state index in [9.17, 15) is 14.4 Å². The maximum Gasteiger partial charge on any atom is 0.329 e. The van der Waals surface area contributed by atoms with Gasteiger partial charge in [0.05, 0.1) is 12.1 Å². The number of allylic oxidation sites excluding steroid dienone is 1. The lowest BCUT2D eigenvalue weighted by atomic mass is 9.78. The zero-order valence-electron chi connectivity index (χ0n) is 35.3. The van der Waals surface area contributed by atoms with Crippen LogP contribution in [0.25, 0.3) is 27.8 Å². The van der Waals surface area contributed by atoms with E-state index in [0.717, 1.165) is 87.2 Å². The van der Waals surface area contributed by atoms with Crippen LogP contribution in [0.3, 0.4) is 0 Å². The minimum atomic E-state index is -0.419. The summed E-state index contributed by atoms with van der Waals surface area (Å²) in [4.78, 5) is 61.6. The lowest BCUT2D eigenvalue weighted by molar-refractivity contribution is -0.120. The van der Waals surface area contributed by atoms with Crippen LogP contribution in [0.15, 0.2) is 78.2 Å². The SMILES string of the molecule is C=CCn1c(=O)c2cnc(Nc3ccc(N4CCC(N5CCC6(CN(c7ccc8c(N9CCC(=O)NC9=O)nn(C)c8c7)C6)C5)C4)cc3)nc2n1-c1ccc2c(n1)C(CC)CC2. The molecule has 11 rings (SSSR count). The summed E-state index contributed by atoms with van der Waals surface area (Å²) in [6.45, 7) is 13.1. The maximum atomic E-state index is 13.6. The molecule has 2 aromatic carbocycles. The van der Waals surface area contributed by atoms with E-state index in [4.69, 9.17) is 9.97 Å². The highest BCUT2D eigenvalue weighted by Crippen LogP contribution is 2.44. The molecule has 4 aromatic heterocycles. The van der Waals surface area contributed by atoms with E-state index in [1.54, 1.807) is 21.9 Å². The first kappa shape index (κ1) is 38.4. The summed E-state index contributed by atoms with van der Waals surface area (Å²) in [5, 5.41) is 11.8. The Labute approximate surface area is 358 Å². The van der Waals surface area contributed by atoms with Gasteiger partial charge in [0, 0.05) is 104 Å². The van der Waals surface area contributed by atoms with E-state index in [0.29, 0.717) is 59.1 Å². The van der Waals surface area contributed by atoms with E-state index < -0.39 is 6.03 Å². The van der Waals surface area contributed by atoms with Gasteiger partial charge in [0.15, 0.2) is 17.3 Å². The molecule has 4 aliphatic heterocycles. The van der Waals surface area contributed by atoms with Crippen LogP contribution < -0.4 is 30.9 Å². The van der Waals surface area contributed by atoms with Gasteiger partial charge in [-0.1, -0.05) is 19.1 Å². The molecule has 0 saturated carbocycles. The molecule has 8 heterocycles. The van der Waals surface area contributed by atoms with Gasteiger partial charge in [-0.3, -0.25) is 29.4 Å². The summed E-state index contributed by atoms with van der Waals surface area (Å²) in [5.41, 5.74) is 7.26. The second-order valence-corrected chi connectivity index (χ2v) is 17.8. The van der Waals surface area contributed by atoms with Crippen LogP contribution in [-0.2, 0) is 24.8 Å². The minimum Gasteiger partial charge on any atom is -0.370 e. The topological polar surface area (TPSA) is 155 Å². The predicted molar refractivity (Wildman–Crippen MR) is 240 cm³/mol. The molecule has 2 unspecified atom stereocenters. The van der Waals surface area contributed by atoms with Gasteiger partial charge in [-0.05, 0) is 92.7 Å². The predicted octanol–water partition coefficient (Wildman–Crippen LogP) is 5.47. The standard InChI is InChI=1S/C46H51N13O3/c1-4-19-58-43(61)36-24-47-44(51-41(36)59(58)38-15-8-30-7-6-29(5-2)40(30)49-38)48-31-9-11-32(12-10-31)54-20-16-34(25-54)55-22-18-46(26-55)27-56(28-46)33-13-14-35-37(23-33)53(3)52-42(35)57-21-17-39(60)50-45(57)62/h4,8-15,23-24,29,34H,1,5-7,16-22,25-28H2,2-3H3,(H,47,48,51)(H,50,60,62).